The summed E-state index contributed by atoms with van der Waals surface area (Å²) in [6.07, 6.45) is 3.99. The SMILES string of the molecule is CC1CN(c2ccnc3cc(Cl)ccc23)CC2(CCOCC2)O1. The first-order chi connectivity index (χ1) is 11.2. The number of hydrogen-bond acceptors (Lipinski definition) is 4. The zero-order valence-corrected chi connectivity index (χ0v) is 14.1. The quantitative estimate of drug-likeness (QED) is 0.798. The van der Waals surface area contributed by atoms with Crippen molar-refractivity contribution in [1.29, 1.82) is 0 Å². The predicted molar refractivity (Wildman–Crippen MR) is 92.3 cm³/mol. The monoisotopic (exact) mass is 332 g/mol. The van der Waals surface area contributed by atoms with Gasteiger partial charge in [-0.2, -0.15) is 0 Å². The predicted octanol–water partition coefficient (Wildman–Crippen LogP) is 3.66. The van der Waals surface area contributed by atoms with Crippen LogP contribution < -0.4 is 4.90 Å². The van der Waals surface area contributed by atoms with E-state index < -0.39 is 0 Å². The Morgan fingerprint density at radius 1 is 1.26 bits per heavy atom. The van der Waals surface area contributed by atoms with Crippen LogP contribution in [0.25, 0.3) is 10.9 Å². The zero-order chi connectivity index (χ0) is 15.9. The van der Waals surface area contributed by atoms with E-state index in [-0.39, 0.29) is 11.7 Å². The highest BCUT2D eigenvalue weighted by Crippen LogP contribution is 2.36. The van der Waals surface area contributed by atoms with Gasteiger partial charge in [0.2, 0.25) is 0 Å². The number of ether oxygens (including phenoxy) is 2. The summed E-state index contributed by atoms with van der Waals surface area (Å²) in [5.74, 6) is 0. The Kier molecular flexibility index (Phi) is 3.92. The van der Waals surface area contributed by atoms with Crippen LogP contribution in [0.4, 0.5) is 5.69 Å². The number of pyridine rings is 1. The van der Waals surface area contributed by atoms with Crippen molar-refractivity contribution in [2.24, 2.45) is 0 Å². The van der Waals surface area contributed by atoms with E-state index in [0.29, 0.717) is 0 Å². The van der Waals surface area contributed by atoms with Crippen LogP contribution in [0.15, 0.2) is 30.5 Å². The second kappa shape index (κ2) is 5.93. The van der Waals surface area contributed by atoms with Gasteiger partial charge < -0.3 is 14.4 Å². The van der Waals surface area contributed by atoms with Gasteiger partial charge in [-0.05, 0) is 31.2 Å². The van der Waals surface area contributed by atoms with E-state index in [4.69, 9.17) is 21.1 Å². The molecule has 2 aromatic rings. The Labute approximate surface area is 141 Å². The molecule has 2 aliphatic heterocycles. The second-order valence-corrected chi connectivity index (χ2v) is 7.03. The number of hydrogen-bond donors (Lipinski definition) is 0. The summed E-state index contributed by atoms with van der Waals surface area (Å²) in [6, 6.07) is 8.02. The van der Waals surface area contributed by atoms with Crippen molar-refractivity contribution in [3.8, 4) is 0 Å². The summed E-state index contributed by atoms with van der Waals surface area (Å²) in [4.78, 5) is 6.90. The molecule has 2 saturated heterocycles. The van der Waals surface area contributed by atoms with Crippen LogP contribution in [0.2, 0.25) is 5.02 Å². The van der Waals surface area contributed by atoms with Gasteiger partial charge in [-0.1, -0.05) is 11.6 Å². The minimum atomic E-state index is -0.0854. The third kappa shape index (κ3) is 2.91. The molecule has 3 heterocycles. The van der Waals surface area contributed by atoms with Crippen molar-refractivity contribution in [2.45, 2.75) is 31.5 Å². The fraction of sp³-hybridized carbons (Fsp3) is 0.500. The van der Waals surface area contributed by atoms with Crippen LogP contribution >= 0.6 is 11.6 Å². The summed E-state index contributed by atoms with van der Waals surface area (Å²) in [6.45, 7) is 5.52. The lowest BCUT2D eigenvalue weighted by Crippen LogP contribution is -2.57. The fourth-order valence-electron chi connectivity index (χ4n) is 3.81. The van der Waals surface area contributed by atoms with Crippen LogP contribution in [-0.2, 0) is 9.47 Å². The third-order valence-electron chi connectivity index (χ3n) is 4.83. The van der Waals surface area contributed by atoms with Gasteiger partial charge in [-0.15, -0.1) is 0 Å². The van der Waals surface area contributed by atoms with E-state index in [2.05, 4.69) is 28.9 Å². The van der Waals surface area contributed by atoms with Crippen LogP contribution in [0.5, 0.6) is 0 Å². The second-order valence-electron chi connectivity index (χ2n) is 6.60. The molecule has 0 bridgehead atoms. The molecule has 4 rings (SSSR count). The maximum absolute atomic E-state index is 6.34. The Balaban J connectivity index is 1.72. The van der Waals surface area contributed by atoms with Crippen molar-refractivity contribution in [2.75, 3.05) is 31.2 Å². The summed E-state index contributed by atoms with van der Waals surface area (Å²) in [5.41, 5.74) is 2.07. The first-order valence-electron chi connectivity index (χ1n) is 8.20. The number of benzene rings is 1. The van der Waals surface area contributed by atoms with Gasteiger partial charge in [0.1, 0.15) is 0 Å². The molecule has 0 saturated carbocycles. The molecule has 1 spiro atoms. The van der Waals surface area contributed by atoms with Crippen LogP contribution in [-0.4, -0.2) is 43.0 Å². The lowest BCUT2D eigenvalue weighted by molar-refractivity contribution is -0.145. The molecule has 4 nitrogen and oxygen atoms in total. The number of aromatic nitrogens is 1. The van der Waals surface area contributed by atoms with Gasteiger partial charge in [0.15, 0.2) is 0 Å². The van der Waals surface area contributed by atoms with E-state index >= 15 is 0 Å². The number of rotatable bonds is 1. The van der Waals surface area contributed by atoms with Crippen molar-refractivity contribution in [1.82, 2.24) is 4.98 Å². The Bertz CT molecular complexity index is 715. The molecule has 0 amide bonds. The molecule has 1 aromatic heterocycles. The average molecular weight is 333 g/mol. The van der Waals surface area contributed by atoms with Gasteiger partial charge in [0.05, 0.1) is 17.2 Å². The van der Waals surface area contributed by atoms with Crippen LogP contribution in [0.1, 0.15) is 19.8 Å². The van der Waals surface area contributed by atoms with E-state index in [1.54, 1.807) is 0 Å². The molecule has 1 aromatic carbocycles. The average Bonchev–Trinajstić information content (AvgIpc) is 2.54. The summed E-state index contributed by atoms with van der Waals surface area (Å²) in [7, 11) is 0. The number of nitrogens with zero attached hydrogens (tertiary/aromatic N) is 2. The minimum absolute atomic E-state index is 0.0854. The Hall–Kier alpha value is -1.36. The van der Waals surface area contributed by atoms with E-state index in [0.717, 1.165) is 55.1 Å². The molecule has 0 N–H and O–H groups in total. The zero-order valence-electron chi connectivity index (χ0n) is 13.3. The molecule has 5 heteroatoms. The normalized spacial score (nSPS) is 24.3. The standard InChI is InChI=1S/C18H21ClN2O2/c1-13-11-21(12-18(23-13)5-8-22-9-6-18)17-4-7-20-16-10-14(19)2-3-15(16)17/h2-4,7,10,13H,5-6,8-9,11-12H2,1H3. The molecule has 2 aliphatic rings. The molecule has 122 valence electrons. The third-order valence-corrected chi connectivity index (χ3v) is 5.07. The maximum Gasteiger partial charge on any atom is 0.0904 e. The van der Waals surface area contributed by atoms with Crippen molar-refractivity contribution in [3.05, 3.63) is 35.5 Å². The highest BCUT2D eigenvalue weighted by Gasteiger charge is 2.41. The Morgan fingerprint density at radius 2 is 2.09 bits per heavy atom. The fourth-order valence-corrected chi connectivity index (χ4v) is 3.98. The number of morpholine rings is 1. The van der Waals surface area contributed by atoms with E-state index in [1.165, 1.54) is 5.69 Å². The molecule has 2 fully saturated rings. The molecule has 1 unspecified atom stereocenters. The molecule has 0 radical (unpaired) electrons. The summed E-state index contributed by atoms with van der Waals surface area (Å²) >= 11 is 6.11. The largest absolute Gasteiger partial charge is 0.381 e. The lowest BCUT2D eigenvalue weighted by Gasteiger charge is -2.48. The van der Waals surface area contributed by atoms with Gasteiger partial charge >= 0.3 is 0 Å². The van der Waals surface area contributed by atoms with Crippen LogP contribution in [0.3, 0.4) is 0 Å². The molecule has 0 aliphatic carbocycles. The topological polar surface area (TPSA) is 34.6 Å². The summed E-state index contributed by atoms with van der Waals surface area (Å²) in [5, 5.41) is 1.87. The molecular weight excluding hydrogens is 312 g/mol. The maximum atomic E-state index is 6.34. The van der Waals surface area contributed by atoms with Crippen molar-refractivity contribution < 1.29 is 9.47 Å². The van der Waals surface area contributed by atoms with E-state index in [9.17, 15) is 0 Å². The first-order valence-corrected chi connectivity index (χ1v) is 8.58. The minimum Gasteiger partial charge on any atom is -0.381 e. The summed E-state index contributed by atoms with van der Waals surface area (Å²) < 4.78 is 11.9. The number of halogens is 1. The van der Waals surface area contributed by atoms with Crippen molar-refractivity contribution >= 4 is 28.2 Å². The number of anilines is 1. The van der Waals surface area contributed by atoms with Gasteiger partial charge in [-0.25, -0.2) is 0 Å². The molecule has 23 heavy (non-hydrogen) atoms. The smallest absolute Gasteiger partial charge is 0.0904 e. The van der Waals surface area contributed by atoms with Gasteiger partial charge in [0, 0.05) is 61.4 Å². The van der Waals surface area contributed by atoms with Gasteiger partial charge in [0.25, 0.3) is 0 Å². The first kappa shape index (κ1) is 15.2. The Morgan fingerprint density at radius 3 is 2.91 bits per heavy atom. The number of fused-ring (bicyclic) bond motifs is 1. The van der Waals surface area contributed by atoms with Crippen molar-refractivity contribution in [3.63, 3.8) is 0 Å². The van der Waals surface area contributed by atoms with Gasteiger partial charge in [-0.3, -0.25) is 4.98 Å². The molecule has 1 atom stereocenters. The highest BCUT2D eigenvalue weighted by atomic mass is 35.5. The highest BCUT2D eigenvalue weighted by molar-refractivity contribution is 6.31. The molecular formula is C18H21ClN2O2. The lowest BCUT2D eigenvalue weighted by atomic mass is 9.91. The van der Waals surface area contributed by atoms with E-state index in [1.807, 2.05) is 18.3 Å². The van der Waals surface area contributed by atoms with Crippen LogP contribution in [0, 0.1) is 0 Å².